The van der Waals surface area contributed by atoms with Crippen LogP contribution >= 0.6 is 35.3 Å². The summed E-state index contributed by atoms with van der Waals surface area (Å²) in [5.41, 5.74) is 14.2. The number of rotatable bonds is 32. The molecule has 12 N–H and O–H groups in total. The van der Waals surface area contributed by atoms with E-state index in [0.29, 0.717) is 48.5 Å². The number of carboxylic acid groups (broad SMARTS) is 4. The molecule has 6 rings (SSSR count). The highest BCUT2D eigenvalue weighted by molar-refractivity contribution is 7.99. The van der Waals surface area contributed by atoms with Gasteiger partial charge in [0.1, 0.15) is 41.5 Å². The van der Waals surface area contributed by atoms with Crippen LogP contribution in [0.1, 0.15) is 139 Å². The number of nitrogens with zero attached hydrogens (tertiary/aromatic N) is 6. The molecule has 2 aromatic rings. The Bertz CT molecular complexity index is 3450. The number of carboxylic acids is 4. The second kappa shape index (κ2) is 46.7. The monoisotopic (exact) mass is 1580 g/mol. The summed E-state index contributed by atoms with van der Waals surface area (Å²) in [4.78, 5) is 213. The summed E-state index contributed by atoms with van der Waals surface area (Å²) in [7, 11) is 0. The highest BCUT2D eigenvalue weighted by Crippen LogP contribution is 2.32. The molecule has 0 unspecified atom stereocenters. The lowest BCUT2D eigenvalue weighted by molar-refractivity contribution is -0.148. The predicted molar refractivity (Wildman–Crippen MR) is 408 cm³/mol. The number of unbranched alkanes of at least 4 members (excludes halogenated alkanes) is 2. The third-order valence-corrected chi connectivity index (χ3v) is 23.3. The van der Waals surface area contributed by atoms with Crippen molar-refractivity contribution in [2.24, 2.45) is 29.2 Å². The molecule has 0 saturated carbocycles. The van der Waals surface area contributed by atoms with E-state index in [1.54, 1.807) is 56.8 Å². The molecule has 109 heavy (non-hydrogen) atoms. The van der Waals surface area contributed by atoms with Crippen LogP contribution in [0.25, 0.3) is 0 Å². The minimum absolute atomic E-state index is 0.0146. The van der Waals surface area contributed by atoms with Gasteiger partial charge in [-0.2, -0.15) is 35.3 Å². The van der Waals surface area contributed by atoms with Crippen molar-refractivity contribution in [1.29, 1.82) is 0 Å². The fraction of sp³-hybridized carbons (Fsp3) is 0.640. The van der Waals surface area contributed by atoms with Crippen LogP contribution in [-0.4, -0.2) is 288 Å². The number of carbonyl (C=O) groups is 15. The Morgan fingerprint density at radius 3 is 1.66 bits per heavy atom. The summed E-state index contributed by atoms with van der Waals surface area (Å²) in [5, 5.41) is 57.7. The van der Waals surface area contributed by atoms with Crippen molar-refractivity contribution in [2.75, 3.05) is 109 Å². The van der Waals surface area contributed by atoms with Crippen molar-refractivity contribution in [3.05, 3.63) is 70.8 Å². The molecular formula is C75H109N11O20S3. The van der Waals surface area contributed by atoms with Gasteiger partial charge < -0.3 is 62.8 Å². The second-order valence-electron chi connectivity index (χ2n) is 28.7. The maximum atomic E-state index is 15.1. The van der Waals surface area contributed by atoms with Crippen molar-refractivity contribution in [1.82, 2.24) is 45.3 Å². The summed E-state index contributed by atoms with van der Waals surface area (Å²) in [5.74, 6) is -13.7. The van der Waals surface area contributed by atoms with Gasteiger partial charge in [-0.15, -0.1) is 0 Å². The van der Waals surface area contributed by atoms with E-state index in [4.69, 9.17) is 11.5 Å². The first-order chi connectivity index (χ1) is 52.0. The summed E-state index contributed by atoms with van der Waals surface area (Å²) < 4.78 is 0. The number of ketones is 4. The van der Waals surface area contributed by atoms with Gasteiger partial charge in [0.05, 0.1) is 56.6 Å². The minimum atomic E-state index is -1.74. The Morgan fingerprint density at radius 2 is 1.12 bits per heavy atom. The molecule has 0 radical (unpaired) electrons. The van der Waals surface area contributed by atoms with E-state index in [2.05, 4.69) is 16.0 Å². The Labute approximate surface area is 648 Å². The topological polar surface area (TPSA) is 465 Å². The molecule has 9 atom stereocenters. The average molecular weight is 1580 g/mol. The highest BCUT2D eigenvalue weighted by atomic mass is 32.2. The number of aliphatic carboxylic acids is 4. The zero-order valence-corrected chi connectivity index (χ0v) is 64.8. The van der Waals surface area contributed by atoms with Gasteiger partial charge in [-0.05, 0) is 86.3 Å². The van der Waals surface area contributed by atoms with Crippen LogP contribution in [0.4, 0.5) is 0 Å². The molecule has 2 bridgehead atoms. The van der Waals surface area contributed by atoms with Gasteiger partial charge in [-0.25, -0.2) is 0 Å². The number of hydrogen-bond donors (Lipinski definition) is 10. The quantitative estimate of drug-likeness (QED) is 0.0467. The second-order valence-corrected chi connectivity index (χ2v) is 31.9. The molecular weight excluding hydrogens is 1470 g/mol. The third kappa shape index (κ3) is 31.8. The van der Waals surface area contributed by atoms with Crippen LogP contribution in [0.5, 0.6) is 0 Å². The fourth-order valence-electron chi connectivity index (χ4n) is 14.0. The van der Waals surface area contributed by atoms with Crippen LogP contribution in [0.2, 0.25) is 0 Å². The Hall–Kier alpha value is -7.86. The van der Waals surface area contributed by atoms with Crippen molar-refractivity contribution in [3.8, 4) is 0 Å². The van der Waals surface area contributed by atoms with E-state index in [9.17, 15) is 87.9 Å². The molecule has 34 heteroatoms. The first-order valence-electron chi connectivity index (χ1n) is 37.5. The summed E-state index contributed by atoms with van der Waals surface area (Å²) in [6.07, 6.45) is -0.261. The molecule has 4 aliphatic heterocycles. The lowest BCUT2D eigenvalue weighted by atomic mass is 9.88. The zero-order valence-electron chi connectivity index (χ0n) is 62.4. The number of nitrogens with one attached hydrogen (secondary N) is 3. The summed E-state index contributed by atoms with van der Waals surface area (Å²) in [6, 6.07) is 7.50. The molecule has 4 heterocycles. The molecule has 7 amide bonds. The Morgan fingerprint density at radius 1 is 0.578 bits per heavy atom. The van der Waals surface area contributed by atoms with Gasteiger partial charge in [0.25, 0.3) is 0 Å². The van der Waals surface area contributed by atoms with Crippen molar-refractivity contribution in [2.45, 2.75) is 177 Å². The van der Waals surface area contributed by atoms with Crippen LogP contribution < -0.4 is 27.4 Å². The minimum Gasteiger partial charge on any atom is -0.481 e. The number of primary amides is 2. The third-order valence-electron chi connectivity index (χ3n) is 19.8. The normalized spacial score (nSPS) is 22.9. The van der Waals surface area contributed by atoms with Gasteiger partial charge in [0.2, 0.25) is 41.4 Å². The number of aliphatic hydroxyl groups is 1. The molecule has 0 spiro atoms. The van der Waals surface area contributed by atoms with Crippen molar-refractivity contribution in [3.63, 3.8) is 0 Å². The maximum absolute atomic E-state index is 15.1. The van der Waals surface area contributed by atoms with Crippen LogP contribution in [0.3, 0.4) is 0 Å². The number of Topliss-reactive ketones (excluding diaryl/α,β-unsaturated/α-hetero) is 4. The van der Waals surface area contributed by atoms with Crippen LogP contribution in [0.15, 0.2) is 48.5 Å². The first-order valence-corrected chi connectivity index (χ1v) is 41.0. The van der Waals surface area contributed by atoms with E-state index in [1.165, 1.54) is 40.2 Å². The molecule has 3 saturated heterocycles. The number of thioether (sulfide) groups is 3. The van der Waals surface area contributed by atoms with Gasteiger partial charge in [-0.1, -0.05) is 68.3 Å². The van der Waals surface area contributed by atoms with Gasteiger partial charge >= 0.3 is 23.9 Å². The molecule has 2 aromatic carbocycles. The predicted octanol–water partition coefficient (Wildman–Crippen LogP) is 1.82. The number of fused-ring (bicyclic) bond motifs is 4. The smallest absolute Gasteiger partial charge is 0.317 e. The number of nitrogens with two attached hydrogens (primary N) is 2. The Balaban J connectivity index is 1.33. The van der Waals surface area contributed by atoms with Gasteiger partial charge in [0.15, 0.2) is 5.78 Å². The molecule has 0 aromatic heterocycles. The summed E-state index contributed by atoms with van der Waals surface area (Å²) in [6.45, 7) is 4.59. The molecule has 31 nitrogen and oxygen atoms in total. The van der Waals surface area contributed by atoms with Gasteiger partial charge in [-0.3, -0.25) is 91.5 Å². The lowest BCUT2D eigenvalue weighted by Gasteiger charge is -2.33. The largest absolute Gasteiger partial charge is 0.481 e. The van der Waals surface area contributed by atoms with E-state index >= 15 is 9.59 Å². The van der Waals surface area contributed by atoms with E-state index in [1.807, 2.05) is 30.0 Å². The van der Waals surface area contributed by atoms with E-state index in [0.717, 1.165) is 29.5 Å². The first kappa shape index (κ1) is 90.0. The Kier molecular flexibility index (Phi) is 38.6. The highest BCUT2D eigenvalue weighted by Gasteiger charge is 2.45. The van der Waals surface area contributed by atoms with Gasteiger partial charge in [0, 0.05) is 139 Å². The number of carbonyl (C=O) groups excluding carboxylic acids is 11. The van der Waals surface area contributed by atoms with Crippen molar-refractivity contribution >= 4 is 124 Å². The number of aliphatic hydroxyl groups excluding tert-OH is 1. The average Bonchev–Trinajstić information content (AvgIpc) is 1.67. The zero-order chi connectivity index (χ0) is 79.7. The molecule has 0 aliphatic carbocycles. The number of hydrogen-bond acceptors (Lipinski definition) is 23. The summed E-state index contributed by atoms with van der Waals surface area (Å²) >= 11 is 4.24. The fourth-order valence-corrected chi connectivity index (χ4v) is 17.0. The van der Waals surface area contributed by atoms with E-state index < -0.39 is 163 Å². The van der Waals surface area contributed by atoms with E-state index in [-0.39, 0.29) is 159 Å². The van der Waals surface area contributed by atoms with Crippen LogP contribution in [-0.2, 0) is 95.6 Å². The van der Waals surface area contributed by atoms with Crippen LogP contribution in [0, 0.1) is 17.8 Å². The standard InChI is InChI=1S/C75H109N11O20S3/c1-3-4-6-14-56(88)35-55-47-109-45-52-32-50(43-107-30-11-15-57(89)39-81-22-24-82(40-66(95)96)26-28-84(42-68(99)100)29-27-83(25-23-81)41-67(97)98)31-51(33-52)44-108-46-54(62(90)36-53(70(77)101)38-65(93)94)37-63(91)59(34-49-12-7-5-8-13-49)79-71(102)58(18-19-64(76)92)78-73(104)69(48(2)87)80-72(103)60-16-9-20-85(60)75(106)61-17-10-21-86(61)74(55)105/h5,7-8,12-13,31-33,48,53-55,58-61,69,87H,3-4,6,9-11,14-30,34-47H2,1-2H3,(H2,76,92)(H2,77,101)(H,78,104)(H,79,102)(H,80,103)(H,93,94)(H,95,96)(H,97,98)(H,99,100)/t48-,53-,54+,55+,58+,59+,60+,61+,69+/m1/s1. The number of amides is 7. The van der Waals surface area contributed by atoms with Crippen molar-refractivity contribution < 1.29 is 97.5 Å². The molecule has 602 valence electrons. The SMILES string of the molecule is CCCCCC(=O)C[C@H]1CSCc2cc(CSCCCC(=O)CN3CCN(CC(=O)O)CCN(CC(=O)O)CCN(CC(=O)O)CC3)cc(c2)CSC[C@@H](C(=O)C[C@H](CC(=O)O)C(N)=O)CC(=O)[C@H](Cc2ccccc2)NC(=O)[C@H](CCC(N)=O)NC(=O)[C@H]([C@@H](C)O)NC(=O)[C@@H]2CCCN2C(=O)[C@@H]2CCCN2C1=O. The lowest BCUT2D eigenvalue weighted by Crippen LogP contribution is -2.61. The number of benzene rings is 2. The molecule has 4 aliphatic rings. The maximum Gasteiger partial charge on any atom is 0.317 e. The molecule has 3 fully saturated rings.